The maximum atomic E-state index is 14.6. The van der Waals surface area contributed by atoms with Crippen molar-refractivity contribution in [3.63, 3.8) is 0 Å². The summed E-state index contributed by atoms with van der Waals surface area (Å²) in [6, 6.07) is 7.66. The van der Waals surface area contributed by atoms with Crippen LogP contribution in [0.2, 0.25) is 0 Å². The smallest absolute Gasteiger partial charge is 0.334 e. The molecule has 192 valence electrons. The maximum Gasteiger partial charge on any atom is 0.416 e. The average Bonchev–Trinajstić information content (AvgIpc) is 3.25. The van der Waals surface area contributed by atoms with Crippen molar-refractivity contribution in [2.75, 3.05) is 38.5 Å². The minimum Gasteiger partial charge on any atom is -0.334 e. The number of anilines is 1. The van der Waals surface area contributed by atoms with Crippen LogP contribution in [0, 0.1) is 12.7 Å². The second kappa shape index (κ2) is 10.7. The highest BCUT2D eigenvalue weighted by Gasteiger charge is 2.34. The Bertz CT molecular complexity index is 1220. The van der Waals surface area contributed by atoms with Crippen LogP contribution in [0.4, 0.5) is 28.0 Å². The van der Waals surface area contributed by atoms with Crippen LogP contribution >= 0.6 is 0 Å². The van der Waals surface area contributed by atoms with Crippen LogP contribution < -0.4 is 10.6 Å². The highest BCUT2D eigenvalue weighted by atomic mass is 19.4. The number of carbonyl (C=O) groups excluding carboxylic acids is 1. The Kier molecular flexibility index (Phi) is 7.60. The number of imidazole rings is 1. The van der Waals surface area contributed by atoms with E-state index in [0.29, 0.717) is 30.2 Å². The molecule has 1 fully saturated rings. The van der Waals surface area contributed by atoms with Gasteiger partial charge in [-0.1, -0.05) is 12.1 Å². The standard InChI is InChI=1S/C25H28F4N6O/c1-17-30-7-8-35(17)23-6-3-18(13-22(23)26)15-31-24(36)32-20-5-4-19(21(14-20)25(27,28)29)16-34-11-9-33(2)10-12-34/h3-8,13-14H,9-12,15-16H2,1-2H3,(H2,31,32,36). The molecule has 0 aliphatic carbocycles. The number of benzene rings is 2. The second-order valence-corrected chi connectivity index (χ2v) is 8.89. The van der Waals surface area contributed by atoms with Crippen molar-refractivity contribution in [2.24, 2.45) is 0 Å². The Morgan fingerprint density at radius 1 is 1.08 bits per heavy atom. The molecule has 0 bridgehead atoms. The first kappa shape index (κ1) is 25.6. The fraction of sp³-hybridized carbons (Fsp3) is 0.360. The number of urea groups is 1. The number of halogens is 4. The number of aryl methyl sites for hydroxylation is 1. The van der Waals surface area contributed by atoms with E-state index in [1.165, 1.54) is 18.2 Å². The van der Waals surface area contributed by atoms with E-state index in [9.17, 15) is 22.4 Å². The number of aromatic nitrogens is 2. The van der Waals surface area contributed by atoms with Crippen molar-refractivity contribution in [1.82, 2.24) is 24.7 Å². The number of hydrogen-bond donors (Lipinski definition) is 2. The minimum absolute atomic E-state index is 0.000435. The van der Waals surface area contributed by atoms with Gasteiger partial charge < -0.3 is 20.1 Å². The van der Waals surface area contributed by atoms with Gasteiger partial charge in [0.25, 0.3) is 0 Å². The molecule has 0 radical (unpaired) electrons. The van der Waals surface area contributed by atoms with Crippen LogP contribution in [-0.4, -0.2) is 58.6 Å². The summed E-state index contributed by atoms with van der Waals surface area (Å²) >= 11 is 0. The van der Waals surface area contributed by atoms with Crippen molar-refractivity contribution in [1.29, 1.82) is 0 Å². The largest absolute Gasteiger partial charge is 0.416 e. The van der Waals surface area contributed by atoms with E-state index < -0.39 is 23.6 Å². The molecule has 1 aliphatic heterocycles. The van der Waals surface area contributed by atoms with E-state index in [1.807, 2.05) is 11.9 Å². The highest BCUT2D eigenvalue weighted by Crippen LogP contribution is 2.34. The number of carbonyl (C=O) groups is 1. The van der Waals surface area contributed by atoms with Crippen LogP contribution in [0.15, 0.2) is 48.8 Å². The predicted molar refractivity (Wildman–Crippen MR) is 128 cm³/mol. The molecule has 1 aromatic heterocycles. The second-order valence-electron chi connectivity index (χ2n) is 8.89. The molecule has 3 aromatic rings. The molecule has 0 atom stereocenters. The lowest BCUT2D eigenvalue weighted by atomic mass is 10.0. The summed E-state index contributed by atoms with van der Waals surface area (Å²) in [6.07, 6.45) is -1.34. The molecule has 7 nitrogen and oxygen atoms in total. The van der Waals surface area contributed by atoms with E-state index in [4.69, 9.17) is 0 Å². The predicted octanol–water partition coefficient (Wildman–Crippen LogP) is 4.41. The van der Waals surface area contributed by atoms with Crippen LogP contribution in [-0.2, 0) is 19.3 Å². The van der Waals surface area contributed by atoms with E-state index in [1.54, 1.807) is 36.0 Å². The number of hydrogen-bond acceptors (Lipinski definition) is 4. The zero-order valence-corrected chi connectivity index (χ0v) is 20.1. The molecule has 2 heterocycles. The van der Waals surface area contributed by atoms with Gasteiger partial charge in [-0.2, -0.15) is 13.2 Å². The molecule has 0 unspecified atom stereocenters. The first-order valence-corrected chi connectivity index (χ1v) is 11.5. The van der Waals surface area contributed by atoms with Gasteiger partial charge in [0.1, 0.15) is 11.6 Å². The summed E-state index contributed by atoms with van der Waals surface area (Å²) in [5, 5.41) is 4.99. The van der Waals surface area contributed by atoms with E-state index in [-0.39, 0.29) is 24.3 Å². The Morgan fingerprint density at radius 2 is 1.83 bits per heavy atom. The summed E-state index contributed by atoms with van der Waals surface area (Å²) in [5.74, 6) is 0.147. The van der Waals surface area contributed by atoms with Gasteiger partial charge in [-0.3, -0.25) is 4.90 Å². The maximum absolute atomic E-state index is 14.6. The number of piperazine rings is 1. The molecule has 11 heteroatoms. The molecule has 36 heavy (non-hydrogen) atoms. The first-order valence-electron chi connectivity index (χ1n) is 11.5. The SMILES string of the molecule is Cc1nccn1-c1ccc(CNC(=O)Nc2ccc(CN3CCN(C)CC3)c(C(F)(F)F)c2)cc1F. The zero-order chi connectivity index (χ0) is 25.9. The number of nitrogens with one attached hydrogen (secondary N) is 2. The van der Waals surface area contributed by atoms with E-state index in [0.717, 1.165) is 19.2 Å². The lowest BCUT2D eigenvalue weighted by Gasteiger charge is -2.33. The number of nitrogens with zero attached hydrogens (tertiary/aromatic N) is 4. The van der Waals surface area contributed by atoms with Crippen molar-refractivity contribution >= 4 is 11.7 Å². The summed E-state index contributed by atoms with van der Waals surface area (Å²) < 4.78 is 57.4. The quantitative estimate of drug-likeness (QED) is 0.489. The van der Waals surface area contributed by atoms with Gasteiger partial charge in [-0.15, -0.1) is 0 Å². The summed E-state index contributed by atoms with van der Waals surface area (Å²) in [4.78, 5) is 20.5. The van der Waals surface area contributed by atoms with Gasteiger partial charge in [0.15, 0.2) is 0 Å². The van der Waals surface area contributed by atoms with Crippen molar-refractivity contribution in [3.05, 3.63) is 77.1 Å². The Morgan fingerprint density at radius 3 is 2.47 bits per heavy atom. The number of rotatable bonds is 6. The van der Waals surface area contributed by atoms with Crippen molar-refractivity contribution in [2.45, 2.75) is 26.2 Å². The summed E-state index contributed by atoms with van der Waals surface area (Å²) in [7, 11) is 1.98. The molecule has 2 aromatic carbocycles. The summed E-state index contributed by atoms with van der Waals surface area (Å²) in [6.45, 7) is 4.94. The third-order valence-corrected chi connectivity index (χ3v) is 6.21. The molecular formula is C25H28F4N6O. The summed E-state index contributed by atoms with van der Waals surface area (Å²) in [5.41, 5.74) is 0.254. The molecule has 1 aliphatic rings. The van der Waals surface area contributed by atoms with Gasteiger partial charge in [-0.25, -0.2) is 14.2 Å². The van der Waals surface area contributed by atoms with Gasteiger partial charge in [-0.05, 0) is 49.4 Å². The number of likely N-dealkylation sites (N-methyl/N-ethyl adjacent to an activating group) is 1. The zero-order valence-electron chi connectivity index (χ0n) is 20.1. The fourth-order valence-electron chi connectivity index (χ4n) is 4.15. The van der Waals surface area contributed by atoms with E-state index in [2.05, 4.69) is 20.5 Å². The minimum atomic E-state index is -4.55. The molecular weight excluding hydrogens is 476 g/mol. The number of amides is 2. The first-order chi connectivity index (χ1) is 17.1. The molecule has 2 N–H and O–H groups in total. The lowest BCUT2D eigenvalue weighted by molar-refractivity contribution is -0.138. The number of alkyl halides is 3. The van der Waals surface area contributed by atoms with Crippen LogP contribution in [0.1, 0.15) is 22.5 Å². The van der Waals surface area contributed by atoms with Gasteiger partial charge in [0.05, 0.1) is 11.3 Å². The normalized spacial score (nSPS) is 15.2. The Hall–Kier alpha value is -3.44. The van der Waals surface area contributed by atoms with E-state index >= 15 is 0 Å². The van der Waals surface area contributed by atoms with Crippen molar-refractivity contribution < 1.29 is 22.4 Å². The molecule has 0 spiro atoms. The Labute approximate surface area is 206 Å². The third-order valence-electron chi connectivity index (χ3n) is 6.21. The van der Waals surface area contributed by atoms with Gasteiger partial charge in [0.2, 0.25) is 0 Å². The molecule has 0 saturated carbocycles. The molecule has 2 amide bonds. The van der Waals surface area contributed by atoms with Crippen LogP contribution in [0.3, 0.4) is 0 Å². The lowest BCUT2D eigenvalue weighted by Crippen LogP contribution is -2.44. The third kappa shape index (κ3) is 6.21. The topological polar surface area (TPSA) is 65.4 Å². The monoisotopic (exact) mass is 504 g/mol. The van der Waals surface area contributed by atoms with Gasteiger partial charge in [0, 0.05) is 57.3 Å². The van der Waals surface area contributed by atoms with Crippen LogP contribution in [0.5, 0.6) is 0 Å². The van der Waals surface area contributed by atoms with Crippen LogP contribution in [0.25, 0.3) is 5.69 Å². The molecule has 4 rings (SSSR count). The Balaban J connectivity index is 1.39. The highest BCUT2D eigenvalue weighted by molar-refractivity contribution is 5.89. The van der Waals surface area contributed by atoms with Gasteiger partial charge >= 0.3 is 12.2 Å². The fourth-order valence-corrected chi connectivity index (χ4v) is 4.15. The molecule has 1 saturated heterocycles. The van der Waals surface area contributed by atoms with Crippen molar-refractivity contribution in [3.8, 4) is 5.69 Å². The average molecular weight is 505 g/mol.